The van der Waals surface area contributed by atoms with Gasteiger partial charge in [0.15, 0.2) is 0 Å². The van der Waals surface area contributed by atoms with Crippen molar-refractivity contribution in [3.63, 3.8) is 0 Å². The van der Waals surface area contributed by atoms with Gasteiger partial charge in [-0.25, -0.2) is 9.67 Å². The SMILES string of the molecule is Brc1cccc(Cn2ccnc2Cc2cnn(-c3ccccc3)c2)c1. The Kier molecular flexibility index (Phi) is 4.48. The molecule has 0 unspecified atom stereocenters. The minimum Gasteiger partial charge on any atom is -0.330 e. The number of hydrogen-bond donors (Lipinski definition) is 0. The van der Waals surface area contributed by atoms with Crippen molar-refractivity contribution in [1.29, 1.82) is 0 Å². The van der Waals surface area contributed by atoms with Crippen molar-refractivity contribution < 1.29 is 0 Å². The lowest BCUT2D eigenvalue weighted by atomic mass is 10.2. The smallest absolute Gasteiger partial charge is 0.113 e. The average molecular weight is 393 g/mol. The Morgan fingerprint density at radius 2 is 1.84 bits per heavy atom. The molecule has 4 rings (SSSR count). The third-order valence-corrected chi connectivity index (χ3v) is 4.56. The molecular formula is C20H17BrN4. The van der Waals surface area contributed by atoms with Crippen LogP contribution in [0.1, 0.15) is 17.0 Å². The predicted molar refractivity (Wildman–Crippen MR) is 102 cm³/mol. The molecule has 0 bridgehead atoms. The molecule has 0 radical (unpaired) electrons. The van der Waals surface area contributed by atoms with E-state index >= 15 is 0 Å². The van der Waals surface area contributed by atoms with E-state index < -0.39 is 0 Å². The van der Waals surface area contributed by atoms with Crippen LogP contribution in [0.25, 0.3) is 5.69 Å². The van der Waals surface area contributed by atoms with Gasteiger partial charge in [0.1, 0.15) is 5.82 Å². The van der Waals surface area contributed by atoms with Crippen molar-refractivity contribution in [2.24, 2.45) is 0 Å². The van der Waals surface area contributed by atoms with Crippen molar-refractivity contribution in [1.82, 2.24) is 19.3 Å². The Morgan fingerprint density at radius 1 is 0.960 bits per heavy atom. The number of nitrogens with zero attached hydrogens (tertiary/aromatic N) is 4. The van der Waals surface area contributed by atoms with Gasteiger partial charge in [0.05, 0.1) is 11.9 Å². The highest BCUT2D eigenvalue weighted by Gasteiger charge is 2.08. The van der Waals surface area contributed by atoms with Crippen molar-refractivity contribution in [3.05, 3.63) is 101 Å². The van der Waals surface area contributed by atoms with E-state index in [-0.39, 0.29) is 0 Å². The zero-order valence-electron chi connectivity index (χ0n) is 13.6. The summed E-state index contributed by atoms with van der Waals surface area (Å²) in [6.07, 6.45) is 8.61. The normalized spacial score (nSPS) is 10.9. The highest BCUT2D eigenvalue weighted by molar-refractivity contribution is 9.10. The van der Waals surface area contributed by atoms with Gasteiger partial charge in [0.25, 0.3) is 0 Å². The first-order valence-electron chi connectivity index (χ1n) is 8.11. The first-order chi connectivity index (χ1) is 12.3. The molecule has 4 aromatic rings. The van der Waals surface area contributed by atoms with Crippen LogP contribution in [0.3, 0.4) is 0 Å². The molecule has 0 spiro atoms. The van der Waals surface area contributed by atoms with E-state index in [4.69, 9.17) is 0 Å². The highest BCUT2D eigenvalue weighted by atomic mass is 79.9. The molecule has 2 aromatic carbocycles. The summed E-state index contributed by atoms with van der Waals surface area (Å²) in [6.45, 7) is 0.807. The zero-order valence-corrected chi connectivity index (χ0v) is 15.2. The van der Waals surface area contributed by atoms with Crippen LogP contribution in [0.4, 0.5) is 0 Å². The number of aromatic nitrogens is 4. The summed E-state index contributed by atoms with van der Waals surface area (Å²) in [4.78, 5) is 4.53. The van der Waals surface area contributed by atoms with Gasteiger partial charge in [-0.2, -0.15) is 5.10 Å². The van der Waals surface area contributed by atoms with Gasteiger partial charge in [0, 0.05) is 36.0 Å². The molecule has 0 saturated carbocycles. The van der Waals surface area contributed by atoms with E-state index in [0.29, 0.717) is 0 Å². The molecule has 5 heteroatoms. The number of benzene rings is 2. The Labute approximate surface area is 154 Å². The molecule has 0 aliphatic rings. The minimum absolute atomic E-state index is 0.758. The fraction of sp³-hybridized carbons (Fsp3) is 0.100. The van der Waals surface area contributed by atoms with Crippen molar-refractivity contribution >= 4 is 15.9 Å². The maximum atomic E-state index is 4.53. The van der Waals surface area contributed by atoms with Crippen molar-refractivity contribution in [2.75, 3.05) is 0 Å². The largest absolute Gasteiger partial charge is 0.330 e. The second kappa shape index (κ2) is 7.07. The number of imidazole rings is 1. The van der Waals surface area contributed by atoms with Crippen molar-refractivity contribution in [2.45, 2.75) is 13.0 Å². The summed E-state index contributed by atoms with van der Waals surface area (Å²) >= 11 is 3.53. The van der Waals surface area contributed by atoms with E-state index in [2.05, 4.69) is 55.0 Å². The molecule has 0 aliphatic carbocycles. The first-order valence-corrected chi connectivity index (χ1v) is 8.91. The average Bonchev–Trinajstić information content (AvgIpc) is 3.26. The topological polar surface area (TPSA) is 35.6 Å². The van der Waals surface area contributed by atoms with Gasteiger partial charge in [-0.05, 0) is 35.4 Å². The summed E-state index contributed by atoms with van der Waals surface area (Å²) in [5, 5.41) is 4.47. The molecule has 2 aromatic heterocycles. The summed E-state index contributed by atoms with van der Waals surface area (Å²) in [6, 6.07) is 18.5. The van der Waals surface area contributed by atoms with Crippen LogP contribution in [0.15, 0.2) is 83.9 Å². The molecular weight excluding hydrogens is 376 g/mol. The molecule has 2 heterocycles. The monoisotopic (exact) mass is 392 g/mol. The molecule has 0 N–H and O–H groups in total. The van der Waals surface area contributed by atoms with E-state index in [1.165, 1.54) is 5.56 Å². The molecule has 25 heavy (non-hydrogen) atoms. The predicted octanol–water partition coefficient (Wildman–Crippen LogP) is 4.47. The van der Waals surface area contributed by atoms with Crippen LogP contribution in [0, 0.1) is 0 Å². The Hall–Kier alpha value is -2.66. The van der Waals surface area contributed by atoms with Crippen LogP contribution >= 0.6 is 15.9 Å². The van der Waals surface area contributed by atoms with E-state index in [1.54, 1.807) is 0 Å². The lowest BCUT2D eigenvalue weighted by Gasteiger charge is -2.08. The Morgan fingerprint density at radius 3 is 2.68 bits per heavy atom. The maximum absolute atomic E-state index is 4.53. The van der Waals surface area contributed by atoms with Gasteiger partial charge < -0.3 is 4.57 Å². The van der Waals surface area contributed by atoms with E-state index in [9.17, 15) is 0 Å². The van der Waals surface area contributed by atoms with Gasteiger partial charge in [-0.1, -0.05) is 46.3 Å². The van der Waals surface area contributed by atoms with Gasteiger partial charge in [-0.3, -0.25) is 0 Å². The maximum Gasteiger partial charge on any atom is 0.113 e. The summed E-state index contributed by atoms with van der Waals surface area (Å²) < 4.78 is 5.18. The van der Waals surface area contributed by atoms with Crippen molar-refractivity contribution in [3.8, 4) is 5.69 Å². The molecule has 124 valence electrons. The number of hydrogen-bond acceptors (Lipinski definition) is 2. The lowest BCUT2D eigenvalue weighted by molar-refractivity contribution is 0.740. The molecule has 0 amide bonds. The summed E-state index contributed by atoms with van der Waals surface area (Å²) in [5.41, 5.74) is 3.45. The van der Waals surface area contributed by atoms with Crippen LogP contribution in [-0.2, 0) is 13.0 Å². The fourth-order valence-electron chi connectivity index (χ4n) is 2.84. The van der Waals surface area contributed by atoms with Crippen LogP contribution < -0.4 is 0 Å². The molecule has 0 atom stereocenters. The molecule has 0 fully saturated rings. The second-order valence-corrected chi connectivity index (χ2v) is 6.82. The third-order valence-electron chi connectivity index (χ3n) is 4.06. The lowest BCUT2D eigenvalue weighted by Crippen LogP contribution is -2.05. The third kappa shape index (κ3) is 3.72. The molecule has 0 aliphatic heterocycles. The number of rotatable bonds is 5. The standard InChI is InChI=1S/C20H17BrN4/c21-18-6-4-5-16(11-18)14-24-10-9-22-20(24)12-17-13-23-25(15-17)19-7-2-1-3-8-19/h1-11,13,15H,12,14H2. The fourth-order valence-corrected chi connectivity index (χ4v) is 3.29. The van der Waals surface area contributed by atoms with Gasteiger partial charge in [-0.15, -0.1) is 0 Å². The Bertz CT molecular complexity index is 972. The Balaban J connectivity index is 1.53. The highest BCUT2D eigenvalue weighted by Crippen LogP contribution is 2.15. The zero-order chi connectivity index (χ0) is 17.1. The van der Waals surface area contributed by atoms with Gasteiger partial charge >= 0.3 is 0 Å². The quantitative estimate of drug-likeness (QED) is 0.502. The molecule has 4 nitrogen and oxygen atoms in total. The second-order valence-electron chi connectivity index (χ2n) is 5.91. The van der Waals surface area contributed by atoms with E-state index in [0.717, 1.165) is 34.5 Å². The van der Waals surface area contributed by atoms with Gasteiger partial charge in [0.2, 0.25) is 0 Å². The van der Waals surface area contributed by atoms with E-state index in [1.807, 2.05) is 59.7 Å². The number of halogens is 1. The van der Waals surface area contributed by atoms with Crippen LogP contribution in [0.5, 0.6) is 0 Å². The molecule has 0 saturated heterocycles. The minimum atomic E-state index is 0.758. The van der Waals surface area contributed by atoms with Crippen LogP contribution in [0.2, 0.25) is 0 Å². The summed E-state index contributed by atoms with van der Waals surface area (Å²) in [7, 11) is 0. The first kappa shape index (κ1) is 15.8. The van der Waals surface area contributed by atoms with Crippen LogP contribution in [-0.4, -0.2) is 19.3 Å². The number of para-hydroxylation sites is 1. The summed E-state index contributed by atoms with van der Waals surface area (Å²) in [5.74, 6) is 1.03.